The molecule has 0 fully saturated rings. The van der Waals surface area contributed by atoms with E-state index in [1.54, 1.807) is 24.5 Å². The van der Waals surface area contributed by atoms with Crippen molar-refractivity contribution < 1.29 is 9.53 Å². The van der Waals surface area contributed by atoms with Gasteiger partial charge in [0.1, 0.15) is 5.75 Å². The van der Waals surface area contributed by atoms with Crippen molar-refractivity contribution in [1.29, 1.82) is 0 Å². The van der Waals surface area contributed by atoms with Gasteiger partial charge in [-0.1, -0.05) is 41.9 Å². The zero-order chi connectivity index (χ0) is 20.9. The maximum atomic E-state index is 13.3. The number of nitrogens with one attached hydrogen (secondary N) is 1. The zero-order valence-electron chi connectivity index (χ0n) is 16.3. The van der Waals surface area contributed by atoms with Gasteiger partial charge in [0.25, 0.3) is 5.91 Å². The second-order valence-electron chi connectivity index (χ2n) is 6.69. The predicted octanol–water partition coefficient (Wildman–Crippen LogP) is 5.05. The number of methoxy groups -OCH3 is 1. The summed E-state index contributed by atoms with van der Waals surface area (Å²) in [6.45, 7) is 0. The Morgan fingerprint density at radius 3 is 2.33 bits per heavy atom. The first-order valence-corrected chi connectivity index (χ1v) is 9.82. The molecule has 2 aromatic heterocycles. The molecule has 0 aliphatic carbocycles. The van der Waals surface area contributed by atoms with Gasteiger partial charge in [-0.05, 0) is 41.5 Å². The first-order chi connectivity index (χ1) is 14.7. The Morgan fingerprint density at radius 2 is 1.67 bits per heavy atom. The quantitative estimate of drug-likeness (QED) is 0.477. The summed E-state index contributed by atoms with van der Waals surface area (Å²) in [6, 6.07) is 20.4. The fourth-order valence-corrected chi connectivity index (χ4v) is 3.61. The topological polar surface area (TPSA) is 56.1 Å². The first kappa shape index (κ1) is 19.7. The molecule has 0 aliphatic heterocycles. The van der Waals surface area contributed by atoms with Gasteiger partial charge in [0, 0.05) is 30.9 Å². The van der Waals surface area contributed by atoms with Gasteiger partial charge < -0.3 is 14.6 Å². The lowest BCUT2D eigenvalue weighted by molar-refractivity contribution is 0.0940. The van der Waals surface area contributed by atoms with Crippen LogP contribution >= 0.6 is 11.6 Å². The lowest BCUT2D eigenvalue weighted by Crippen LogP contribution is -2.29. The van der Waals surface area contributed by atoms with Crippen LogP contribution in [0.3, 0.4) is 0 Å². The molecule has 1 atom stereocenters. The monoisotopic (exact) mass is 417 g/mol. The molecule has 30 heavy (non-hydrogen) atoms. The summed E-state index contributed by atoms with van der Waals surface area (Å²) in [5.41, 5.74) is 3.00. The van der Waals surface area contributed by atoms with E-state index in [-0.39, 0.29) is 11.9 Å². The van der Waals surface area contributed by atoms with Crippen LogP contribution in [0, 0.1) is 0 Å². The summed E-state index contributed by atoms with van der Waals surface area (Å²) in [5.74, 6) is 0.167. The van der Waals surface area contributed by atoms with Crippen LogP contribution in [0.15, 0.2) is 91.5 Å². The molecule has 2 aromatic carbocycles. The Balaban J connectivity index is 1.70. The van der Waals surface area contributed by atoms with Crippen LogP contribution in [-0.2, 0) is 0 Å². The summed E-state index contributed by atoms with van der Waals surface area (Å²) in [7, 11) is 1.54. The maximum absolute atomic E-state index is 13.3. The normalized spacial score (nSPS) is 11.7. The van der Waals surface area contributed by atoms with Crippen molar-refractivity contribution in [3.63, 3.8) is 0 Å². The van der Waals surface area contributed by atoms with Crippen molar-refractivity contribution in [3.8, 4) is 11.4 Å². The molecule has 150 valence electrons. The molecule has 0 bridgehead atoms. The number of carbonyl (C=O) groups excluding carboxylic acids is 1. The van der Waals surface area contributed by atoms with Crippen molar-refractivity contribution in [2.24, 2.45) is 0 Å². The second kappa shape index (κ2) is 8.84. The lowest BCUT2D eigenvalue weighted by Gasteiger charge is -2.21. The molecule has 1 N–H and O–H groups in total. The molecular weight excluding hydrogens is 398 g/mol. The van der Waals surface area contributed by atoms with E-state index in [0.29, 0.717) is 16.3 Å². The Hall–Kier alpha value is -3.57. The number of halogens is 1. The van der Waals surface area contributed by atoms with Gasteiger partial charge in [0.2, 0.25) is 0 Å². The molecule has 0 aliphatic rings. The summed E-state index contributed by atoms with van der Waals surface area (Å²) in [4.78, 5) is 17.3. The third-order valence-corrected chi connectivity index (χ3v) is 5.15. The number of rotatable bonds is 6. The highest BCUT2D eigenvalue weighted by molar-refractivity contribution is 6.33. The summed E-state index contributed by atoms with van der Waals surface area (Å²) >= 11 is 6.50. The van der Waals surface area contributed by atoms with Crippen LogP contribution in [0.4, 0.5) is 0 Å². The zero-order valence-corrected chi connectivity index (χ0v) is 17.1. The molecule has 1 unspecified atom stereocenters. The SMILES string of the molecule is COc1cc(-n2cccc2)c(Cl)cc1C(=O)NC(c1ccccc1)c1ccncc1. The standard InChI is InChI=1S/C24H20ClN3O2/c1-30-22-16-21(28-13-5-6-14-28)20(25)15-19(22)24(29)27-23(17-7-3-2-4-8-17)18-9-11-26-12-10-18/h2-16,23H,1H3,(H,27,29). The molecule has 5 nitrogen and oxygen atoms in total. The lowest BCUT2D eigenvalue weighted by atomic mass is 9.99. The van der Waals surface area contributed by atoms with E-state index in [4.69, 9.17) is 16.3 Å². The Bertz CT molecular complexity index is 1090. The minimum absolute atomic E-state index is 0.279. The number of aromatic nitrogens is 2. The van der Waals surface area contributed by atoms with Gasteiger partial charge in [-0.15, -0.1) is 0 Å². The van der Waals surface area contributed by atoms with Crippen molar-refractivity contribution in [1.82, 2.24) is 14.9 Å². The minimum atomic E-state index is -0.339. The third kappa shape index (κ3) is 4.07. The van der Waals surface area contributed by atoms with E-state index < -0.39 is 0 Å². The number of pyridine rings is 1. The van der Waals surface area contributed by atoms with E-state index in [1.165, 1.54) is 7.11 Å². The molecule has 0 spiro atoms. The van der Waals surface area contributed by atoms with Crippen molar-refractivity contribution in [2.45, 2.75) is 6.04 Å². The van der Waals surface area contributed by atoms with Crippen molar-refractivity contribution in [2.75, 3.05) is 7.11 Å². The van der Waals surface area contributed by atoms with Gasteiger partial charge in [0.15, 0.2) is 0 Å². The van der Waals surface area contributed by atoms with Crippen LogP contribution in [0.25, 0.3) is 5.69 Å². The van der Waals surface area contributed by atoms with E-state index in [2.05, 4.69) is 10.3 Å². The molecular formula is C24H20ClN3O2. The number of amides is 1. The number of hydrogen-bond donors (Lipinski definition) is 1. The molecule has 0 saturated heterocycles. The Labute approximate surface area is 179 Å². The number of nitrogens with zero attached hydrogens (tertiary/aromatic N) is 2. The van der Waals surface area contributed by atoms with E-state index in [0.717, 1.165) is 16.8 Å². The number of hydrogen-bond acceptors (Lipinski definition) is 3. The van der Waals surface area contributed by atoms with E-state index in [1.807, 2.05) is 71.6 Å². The van der Waals surface area contributed by atoms with Crippen LogP contribution in [0.1, 0.15) is 27.5 Å². The molecule has 4 aromatic rings. The van der Waals surface area contributed by atoms with Gasteiger partial charge in [0.05, 0.1) is 29.4 Å². The maximum Gasteiger partial charge on any atom is 0.255 e. The van der Waals surface area contributed by atoms with Gasteiger partial charge in [-0.25, -0.2) is 0 Å². The second-order valence-corrected chi connectivity index (χ2v) is 7.10. The van der Waals surface area contributed by atoms with E-state index >= 15 is 0 Å². The van der Waals surface area contributed by atoms with Crippen molar-refractivity contribution in [3.05, 3.63) is 113 Å². The predicted molar refractivity (Wildman–Crippen MR) is 117 cm³/mol. The van der Waals surface area contributed by atoms with Crippen molar-refractivity contribution >= 4 is 17.5 Å². The summed E-state index contributed by atoms with van der Waals surface area (Å²) in [5, 5.41) is 3.57. The van der Waals surface area contributed by atoms with Gasteiger partial charge >= 0.3 is 0 Å². The summed E-state index contributed by atoms with van der Waals surface area (Å²) < 4.78 is 7.38. The van der Waals surface area contributed by atoms with Gasteiger partial charge in [-0.2, -0.15) is 0 Å². The fourth-order valence-electron chi connectivity index (χ4n) is 3.35. The highest BCUT2D eigenvalue weighted by Gasteiger charge is 2.22. The van der Waals surface area contributed by atoms with Gasteiger partial charge in [-0.3, -0.25) is 9.78 Å². The van der Waals surface area contributed by atoms with Crippen LogP contribution in [0.5, 0.6) is 5.75 Å². The number of benzene rings is 2. The van der Waals surface area contributed by atoms with Crippen LogP contribution < -0.4 is 10.1 Å². The Kier molecular flexibility index (Phi) is 5.82. The molecule has 2 heterocycles. The average Bonchev–Trinajstić information content (AvgIpc) is 3.33. The molecule has 1 amide bonds. The van der Waals surface area contributed by atoms with Crippen LogP contribution in [-0.4, -0.2) is 22.6 Å². The fraction of sp³-hybridized carbons (Fsp3) is 0.0833. The third-order valence-electron chi connectivity index (χ3n) is 4.84. The van der Waals surface area contributed by atoms with E-state index in [9.17, 15) is 4.79 Å². The Morgan fingerprint density at radius 1 is 1.00 bits per heavy atom. The minimum Gasteiger partial charge on any atom is -0.496 e. The molecule has 4 rings (SSSR count). The number of carbonyl (C=O) groups is 1. The summed E-state index contributed by atoms with van der Waals surface area (Å²) in [6.07, 6.45) is 7.19. The first-order valence-electron chi connectivity index (χ1n) is 9.44. The molecule has 6 heteroatoms. The smallest absolute Gasteiger partial charge is 0.255 e. The average molecular weight is 418 g/mol. The highest BCUT2D eigenvalue weighted by Crippen LogP contribution is 2.31. The van der Waals surface area contributed by atoms with Crippen LogP contribution in [0.2, 0.25) is 5.02 Å². The largest absolute Gasteiger partial charge is 0.496 e. The highest BCUT2D eigenvalue weighted by atomic mass is 35.5. The molecule has 0 radical (unpaired) electrons. The number of ether oxygens (including phenoxy) is 1. The molecule has 0 saturated carbocycles.